The summed E-state index contributed by atoms with van der Waals surface area (Å²) in [6.07, 6.45) is 7.35. The normalized spacial score (nSPS) is 16.4. The Morgan fingerprint density at radius 2 is 2.18 bits per heavy atom. The number of nitrogens with zero attached hydrogens (tertiary/aromatic N) is 3. The predicted octanol–water partition coefficient (Wildman–Crippen LogP) is 3.70. The molecule has 1 amide bonds. The molecule has 3 heterocycles. The third-order valence-electron chi connectivity index (χ3n) is 4.45. The number of hydrogen-bond acceptors (Lipinski definition) is 4. The van der Waals surface area contributed by atoms with Crippen molar-refractivity contribution in [1.82, 2.24) is 14.8 Å². The smallest absolute Gasteiger partial charge is 0.228 e. The Kier molecular flexibility index (Phi) is 3.33. The molecule has 0 bridgehead atoms. The van der Waals surface area contributed by atoms with Crippen molar-refractivity contribution in [3.8, 4) is 0 Å². The molecule has 114 valence electrons. The van der Waals surface area contributed by atoms with E-state index in [4.69, 9.17) is 0 Å². The fraction of sp³-hybridized carbons (Fsp3) is 0.438. The molecule has 0 aromatic carbocycles. The lowest BCUT2D eigenvalue weighted by Crippen LogP contribution is -2.25. The minimum absolute atomic E-state index is 0.116. The molecule has 3 aromatic rings. The van der Waals surface area contributed by atoms with Crippen molar-refractivity contribution in [2.24, 2.45) is 13.0 Å². The number of fused-ring (bicyclic) bond motifs is 3. The van der Waals surface area contributed by atoms with Crippen LogP contribution < -0.4 is 5.32 Å². The number of nitrogens with one attached hydrogen (secondary N) is 1. The number of aromatic nitrogens is 3. The van der Waals surface area contributed by atoms with Gasteiger partial charge in [-0.05, 0) is 25.0 Å². The molecule has 22 heavy (non-hydrogen) atoms. The monoisotopic (exact) mass is 314 g/mol. The van der Waals surface area contributed by atoms with Crippen molar-refractivity contribution in [2.45, 2.75) is 32.1 Å². The van der Waals surface area contributed by atoms with Gasteiger partial charge in [0.15, 0.2) is 5.82 Å². The number of pyridine rings is 1. The van der Waals surface area contributed by atoms with Crippen LogP contribution in [0.5, 0.6) is 0 Å². The number of aryl methyl sites for hydroxylation is 1. The second kappa shape index (κ2) is 5.35. The van der Waals surface area contributed by atoms with Crippen molar-refractivity contribution in [3.63, 3.8) is 0 Å². The van der Waals surface area contributed by atoms with Crippen LogP contribution in [-0.2, 0) is 11.8 Å². The van der Waals surface area contributed by atoms with E-state index in [0.717, 1.165) is 46.1 Å². The maximum atomic E-state index is 12.5. The molecule has 6 heteroatoms. The molecule has 4 rings (SSSR count). The lowest BCUT2D eigenvalue weighted by atomic mass is 9.89. The quantitative estimate of drug-likeness (QED) is 0.784. The lowest BCUT2D eigenvalue weighted by Gasteiger charge is -2.20. The molecule has 0 atom stereocenters. The summed E-state index contributed by atoms with van der Waals surface area (Å²) in [5.74, 6) is 0.930. The first kappa shape index (κ1) is 13.7. The van der Waals surface area contributed by atoms with E-state index in [2.05, 4.69) is 21.5 Å². The van der Waals surface area contributed by atoms with Gasteiger partial charge in [-0.3, -0.25) is 9.48 Å². The van der Waals surface area contributed by atoms with Gasteiger partial charge in [-0.25, -0.2) is 4.98 Å². The van der Waals surface area contributed by atoms with Gasteiger partial charge in [0, 0.05) is 24.5 Å². The van der Waals surface area contributed by atoms with Crippen molar-refractivity contribution in [3.05, 3.63) is 18.3 Å². The zero-order valence-corrected chi connectivity index (χ0v) is 13.3. The third-order valence-corrected chi connectivity index (χ3v) is 5.56. The maximum absolute atomic E-state index is 12.5. The highest BCUT2D eigenvalue weighted by Crippen LogP contribution is 2.37. The Morgan fingerprint density at radius 1 is 1.36 bits per heavy atom. The highest BCUT2D eigenvalue weighted by atomic mass is 32.1. The van der Waals surface area contributed by atoms with Crippen LogP contribution in [0.2, 0.25) is 0 Å². The first-order chi connectivity index (χ1) is 10.7. The second-order valence-electron chi connectivity index (χ2n) is 5.93. The molecular weight excluding hydrogens is 296 g/mol. The molecular formula is C16H18N4OS. The second-order valence-corrected chi connectivity index (χ2v) is 6.93. The summed E-state index contributed by atoms with van der Waals surface area (Å²) in [4.78, 5) is 17.9. The highest BCUT2D eigenvalue weighted by molar-refractivity contribution is 7.26. The van der Waals surface area contributed by atoms with Crippen LogP contribution in [0.15, 0.2) is 18.3 Å². The van der Waals surface area contributed by atoms with Crippen molar-refractivity contribution < 1.29 is 4.79 Å². The van der Waals surface area contributed by atoms with Gasteiger partial charge < -0.3 is 5.32 Å². The third kappa shape index (κ3) is 2.18. The maximum Gasteiger partial charge on any atom is 0.228 e. The highest BCUT2D eigenvalue weighted by Gasteiger charge is 2.24. The molecule has 0 spiro atoms. The van der Waals surface area contributed by atoms with Crippen molar-refractivity contribution >= 4 is 43.5 Å². The molecule has 1 saturated carbocycles. The zero-order chi connectivity index (χ0) is 15.1. The SMILES string of the molecule is Cn1nc(NC(=O)C2CCCCC2)c2sc3ncccc3c21. The topological polar surface area (TPSA) is 59.8 Å². The fourth-order valence-electron chi connectivity index (χ4n) is 3.31. The average molecular weight is 314 g/mol. The van der Waals surface area contributed by atoms with Crippen LogP contribution in [0.25, 0.3) is 20.4 Å². The summed E-state index contributed by atoms with van der Waals surface area (Å²) in [7, 11) is 1.91. The van der Waals surface area contributed by atoms with Gasteiger partial charge in [-0.1, -0.05) is 19.3 Å². The Balaban J connectivity index is 1.71. The van der Waals surface area contributed by atoms with E-state index in [-0.39, 0.29) is 11.8 Å². The van der Waals surface area contributed by atoms with Gasteiger partial charge in [0.25, 0.3) is 0 Å². The Hall–Kier alpha value is -1.95. The van der Waals surface area contributed by atoms with E-state index < -0.39 is 0 Å². The minimum Gasteiger partial charge on any atom is -0.308 e. The van der Waals surface area contributed by atoms with E-state index in [1.165, 1.54) is 6.42 Å². The standard InChI is InChI=1S/C16H18N4OS/c1-20-12-11-8-5-9-17-16(11)22-13(12)14(19-20)18-15(21)10-6-3-2-4-7-10/h5,8-10H,2-4,6-7H2,1H3,(H,18,19,21). The first-order valence-electron chi connectivity index (χ1n) is 7.75. The van der Waals surface area contributed by atoms with Gasteiger partial charge in [0.05, 0.1) is 10.2 Å². The number of amides is 1. The summed E-state index contributed by atoms with van der Waals surface area (Å²) in [6.45, 7) is 0. The van der Waals surface area contributed by atoms with Crippen molar-refractivity contribution in [1.29, 1.82) is 0 Å². The van der Waals surface area contributed by atoms with Gasteiger partial charge in [-0.15, -0.1) is 11.3 Å². The number of rotatable bonds is 2. The largest absolute Gasteiger partial charge is 0.308 e. The summed E-state index contributed by atoms with van der Waals surface area (Å²) >= 11 is 1.59. The number of thiophene rings is 1. The van der Waals surface area contributed by atoms with Gasteiger partial charge in [0.2, 0.25) is 5.91 Å². The lowest BCUT2D eigenvalue weighted by molar-refractivity contribution is -0.120. The molecule has 3 aromatic heterocycles. The minimum atomic E-state index is 0.116. The molecule has 0 saturated heterocycles. The van der Waals surface area contributed by atoms with E-state index in [9.17, 15) is 4.79 Å². The van der Waals surface area contributed by atoms with E-state index in [1.54, 1.807) is 17.5 Å². The molecule has 0 aliphatic heterocycles. The van der Waals surface area contributed by atoms with Gasteiger partial charge in [0.1, 0.15) is 4.83 Å². The van der Waals surface area contributed by atoms with Crippen molar-refractivity contribution in [2.75, 3.05) is 5.32 Å². The summed E-state index contributed by atoms with van der Waals surface area (Å²) in [5.41, 5.74) is 1.05. The molecule has 1 fully saturated rings. The number of anilines is 1. The molecule has 5 nitrogen and oxygen atoms in total. The Labute approximate surface area is 132 Å². The molecule has 1 aliphatic carbocycles. The van der Waals surface area contributed by atoms with E-state index in [0.29, 0.717) is 5.82 Å². The van der Waals surface area contributed by atoms with Crippen LogP contribution in [0.3, 0.4) is 0 Å². The average Bonchev–Trinajstić information content (AvgIpc) is 3.07. The molecule has 1 N–H and O–H groups in total. The van der Waals surface area contributed by atoms with Crippen LogP contribution in [-0.4, -0.2) is 20.7 Å². The number of carbonyl (C=O) groups is 1. The van der Waals surface area contributed by atoms with Gasteiger partial charge >= 0.3 is 0 Å². The molecule has 0 radical (unpaired) electrons. The van der Waals surface area contributed by atoms with Crippen LogP contribution in [0, 0.1) is 5.92 Å². The molecule has 0 unspecified atom stereocenters. The summed E-state index contributed by atoms with van der Waals surface area (Å²) in [6, 6.07) is 3.98. The fourth-order valence-corrected chi connectivity index (χ4v) is 4.42. The van der Waals surface area contributed by atoms with Crippen LogP contribution >= 0.6 is 11.3 Å². The van der Waals surface area contributed by atoms with Crippen LogP contribution in [0.4, 0.5) is 5.82 Å². The Morgan fingerprint density at radius 3 is 3.00 bits per heavy atom. The van der Waals surface area contributed by atoms with E-state index in [1.807, 2.05) is 17.8 Å². The predicted molar refractivity (Wildman–Crippen MR) is 89.1 cm³/mol. The zero-order valence-electron chi connectivity index (χ0n) is 12.5. The number of carbonyl (C=O) groups excluding carboxylic acids is 1. The van der Waals surface area contributed by atoms with Gasteiger partial charge in [-0.2, -0.15) is 5.10 Å². The Bertz CT molecular complexity index is 844. The number of hydrogen-bond donors (Lipinski definition) is 1. The van der Waals surface area contributed by atoms with Crippen LogP contribution in [0.1, 0.15) is 32.1 Å². The summed E-state index contributed by atoms with van der Waals surface area (Å²) < 4.78 is 2.85. The van der Waals surface area contributed by atoms with E-state index >= 15 is 0 Å². The summed E-state index contributed by atoms with van der Waals surface area (Å²) in [5, 5.41) is 8.64. The molecule has 1 aliphatic rings. The first-order valence-corrected chi connectivity index (χ1v) is 8.57.